The second-order valence-corrected chi connectivity index (χ2v) is 7.84. The van der Waals surface area contributed by atoms with Crippen molar-refractivity contribution in [1.82, 2.24) is 5.32 Å². The molecular weight excluding hydrogens is 254 g/mol. The highest BCUT2D eigenvalue weighted by Crippen LogP contribution is 2.22. The van der Waals surface area contributed by atoms with E-state index in [4.69, 9.17) is 0 Å². The maximum absolute atomic E-state index is 11.9. The van der Waals surface area contributed by atoms with Gasteiger partial charge in [-0.15, -0.1) is 0 Å². The van der Waals surface area contributed by atoms with Gasteiger partial charge in [-0.1, -0.05) is 44.5 Å². The minimum absolute atomic E-state index is 0.112. The molecule has 1 aromatic carbocycles. The molecule has 0 atom stereocenters. The van der Waals surface area contributed by atoms with Crippen LogP contribution in [0.15, 0.2) is 18.2 Å². The molecule has 0 radical (unpaired) electrons. The predicted molar refractivity (Wildman–Crippen MR) is 84.8 cm³/mol. The molecule has 0 saturated carbocycles. The van der Waals surface area contributed by atoms with Crippen molar-refractivity contribution < 1.29 is 4.79 Å². The summed E-state index contributed by atoms with van der Waals surface area (Å²) in [6.07, 6.45) is 0.478. The molecule has 1 N–H and O–H groups in total. The Morgan fingerprint density at radius 1 is 1.26 bits per heavy atom. The van der Waals surface area contributed by atoms with Gasteiger partial charge in [-0.2, -0.15) is 11.8 Å². The monoisotopic (exact) mass is 279 g/mol. The Bertz CT molecular complexity index is 435. The van der Waals surface area contributed by atoms with E-state index in [0.29, 0.717) is 6.42 Å². The zero-order chi connectivity index (χ0) is 14.5. The van der Waals surface area contributed by atoms with Crippen LogP contribution in [0.4, 0.5) is 0 Å². The van der Waals surface area contributed by atoms with Gasteiger partial charge >= 0.3 is 0 Å². The molecular formula is C16H25NOS. The van der Waals surface area contributed by atoms with Gasteiger partial charge in [-0.25, -0.2) is 0 Å². The summed E-state index contributed by atoms with van der Waals surface area (Å²) in [5.74, 6) is 1.07. The van der Waals surface area contributed by atoms with Crippen molar-refractivity contribution in [3.8, 4) is 0 Å². The van der Waals surface area contributed by atoms with Gasteiger partial charge in [0, 0.05) is 17.0 Å². The number of aryl methyl sites for hydroxylation is 2. The number of thioether (sulfide) groups is 1. The van der Waals surface area contributed by atoms with E-state index >= 15 is 0 Å². The Balaban J connectivity index is 2.35. The summed E-state index contributed by atoms with van der Waals surface area (Å²) in [6, 6.07) is 6.23. The third kappa shape index (κ3) is 6.67. The van der Waals surface area contributed by atoms with Crippen LogP contribution in [-0.4, -0.2) is 23.0 Å². The Morgan fingerprint density at radius 2 is 1.95 bits per heavy atom. The van der Waals surface area contributed by atoms with E-state index in [-0.39, 0.29) is 10.7 Å². The second-order valence-electron chi connectivity index (χ2n) is 5.92. The number of hydrogen-bond donors (Lipinski definition) is 1. The first-order valence-corrected chi connectivity index (χ1v) is 7.73. The summed E-state index contributed by atoms with van der Waals surface area (Å²) in [7, 11) is 0. The van der Waals surface area contributed by atoms with Gasteiger partial charge < -0.3 is 5.32 Å². The maximum atomic E-state index is 11.9. The molecule has 0 bridgehead atoms. The van der Waals surface area contributed by atoms with Crippen LogP contribution < -0.4 is 5.32 Å². The molecule has 0 heterocycles. The summed E-state index contributed by atoms with van der Waals surface area (Å²) in [4.78, 5) is 11.9. The number of carbonyl (C=O) groups is 1. The van der Waals surface area contributed by atoms with E-state index < -0.39 is 0 Å². The fourth-order valence-electron chi connectivity index (χ4n) is 1.83. The van der Waals surface area contributed by atoms with E-state index in [9.17, 15) is 4.79 Å². The van der Waals surface area contributed by atoms with Gasteiger partial charge in [0.05, 0.1) is 6.42 Å². The standard InChI is InChI=1S/C16H25NOS/c1-12-6-7-14(13(2)10-12)11-15(18)17-8-9-19-16(3,4)5/h6-7,10H,8-9,11H2,1-5H3,(H,17,18). The Hall–Kier alpha value is -0.960. The minimum Gasteiger partial charge on any atom is -0.355 e. The highest BCUT2D eigenvalue weighted by Gasteiger charge is 2.10. The molecule has 0 saturated heterocycles. The van der Waals surface area contributed by atoms with Crippen molar-refractivity contribution in [3.05, 3.63) is 34.9 Å². The lowest BCUT2D eigenvalue weighted by Crippen LogP contribution is -2.28. The molecule has 0 fully saturated rings. The van der Waals surface area contributed by atoms with Crippen molar-refractivity contribution in [2.75, 3.05) is 12.3 Å². The molecule has 1 amide bonds. The lowest BCUT2D eigenvalue weighted by molar-refractivity contribution is -0.120. The smallest absolute Gasteiger partial charge is 0.224 e. The summed E-state index contributed by atoms with van der Waals surface area (Å²) in [5.41, 5.74) is 3.55. The molecule has 0 aliphatic carbocycles. The fourth-order valence-corrected chi connectivity index (χ4v) is 2.64. The van der Waals surface area contributed by atoms with Gasteiger partial charge in [-0.3, -0.25) is 4.79 Å². The number of carbonyl (C=O) groups excluding carboxylic acids is 1. The van der Waals surface area contributed by atoms with Crippen LogP contribution in [-0.2, 0) is 11.2 Å². The zero-order valence-electron chi connectivity index (χ0n) is 12.7. The van der Waals surface area contributed by atoms with Crippen molar-refractivity contribution >= 4 is 17.7 Å². The topological polar surface area (TPSA) is 29.1 Å². The first-order chi connectivity index (χ1) is 8.78. The number of nitrogens with one attached hydrogen (secondary N) is 1. The summed E-state index contributed by atoms with van der Waals surface area (Å²) >= 11 is 1.87. The van der Waals surface area contributed by atoms with Crippen LogP contribution in [0, 0.1) is 13.8 Å². The molecule has 106 valence electrons. The maximum Gasteiger partial charge on any atom is 0.224 e. The van der Waals surface area contributed by atoms with Crippen LogP contribution in [0.2, 0.25) is 0 Å². The number of rotatable bonds is 5. The third-order valence-electron chi connectivity index (χ3n) is 2.81. The number of amides is 1. The SMILES string of the molecule is Cc1ccc(CC(=O)NCCSC(C)(C)C)c(C)c1. The second kappa shape index (κ2) is 6.99. The van der Waals surface area contributed by atoms with Crippen LogP contribution in [0.1, 0.15) is 37.5 Å². The quantitative estimate of drug-likeness (QED) is 0.836. The lowest BCUT2D eigenvalue weighted by Gasteiger charge is -2.17. The molecule has 3 heteroatoms. The van der Waals surface area contributed by atoms with Crippen LogP contribution in [0.5, 0.6) is 0 Å². The average Bonchev–Trinajstić information content (AvgIpc) is 2.27. The Morgan fingerprint density at radius 3 is 2.53 bits per heavy atom. The Kier molecular flexibility index (Phi) is 5.92. The number of benzene rings is 1. The van der Waals surface area contributed by atoms with Crippen LogP contribution in [0.3, 0.4) is 0 Å². The normalized spacial score (nSPS) is 11.4. The van der Waals surface area contributed by atoms with Gasteiger partial charge in [0.2, 0.25) is 5.91 Å². The van der Waals surface area contributed by atoms with Crippen molar-refractivity contribution in [2.24, 2.45) is 0 Å². The molecule has 2 nitrogen and oxygen atoms in total. The van der Waals surface area contributed by atoms with Crippen molar-refractivity contribution in [1.29, 1.82) is 0 Å². The molecule has 0 spiro atoms. The van der Waals surface area contributed by atoms with E-state index in [1.807, 2.05) is 17.8 Å². The van der Waals surface area contributed by atoms with Crippen LogP contribution >= 0.6 is 11.8 Å². The summed E-state index contributed by atoms with van der Waals surface area (Å²) < 4.78 is 0.262. The summed E-state index contributed by atoms with van der Waals surface area (Å²) in [6.45, 7) is 11.4. The molecule has 0 aromatic heterocycles. The van der Waals surface area contributed by atoms with E-state index in [1.54, 1.807) is 0 Å². The molecule has 0 aliphatic rings. The van der Waals surface area contributed by atoms with Crippen molar-refractivity contribution in [2.45, 2.75) is 45.8 Å². The van der Waals surface area contributed by atoms with E-state index in [0.717, 1.165) is 17.9 Å². The Labute approximate surface area is 121 Å². The third-order valence-corrected chi connectivity index (χ3v) is 4.08. The van der Waals surface area contributed by atoms with Crippen LogP contribution in [0.25, 0.3) is 0 Å². The molecule has 0 aliphatic heterocycles. The number of hydrogen-bond acceptors (Lipinski definition) is 2. The first kappa shape index (κ1) is 16.1. The molecule has 19 heavy (non-hydrogen) atoms. The van der Waals surface area contributed by atoms with Crippen molar-refractivity contribution in [3.63, 3.8) is 0 Å². The highest BCUT2D eigenvalue weighted by molar-refractivity contribution is 8.00. The molecule has 1 rings (SSSR count). The lowest BCUT2D eigenvalue weighted by atomic mass is 10.0. The molecule has 1 aromatic rings. The van der Waals surface area contributed by atoms with Gasteiger partial charge in [0.25, 0.3) is 0 Å². The predicted octanol–water partition coefficient (Wildman–Crippen LogP) is 3.49. The first-order valence-electron chi connectivity index (χ1n) is 6.75. The fraction of sp³-hybridized carbons (Fsp3) is 0.562. The highest BCUT2D eigenvalue weighted by atomic mass is 32.2. The van der Waals surface area contributed by atoms with Gasteiger partial charge in [-0.05, 0) is 25.0 Å². The summed E-state index contributed by atoms with van der Waals surface area (Å²) in [5, 5.41) is 2.99. The zero-order valence-corrected chi connectivity index (χ0v) is 13.5. The average molecular weight is 279 g/mol. The minimum atomic E-state index is 0.112. The van der Waals surface area contributed by atoms with E-state index in [2.05, 4.69) is 52.1 Å². The largest absolute Gasteiger partial charge is 0.355 e. The molecule has 0 unspecified atom stereocenters. The van der Waals surface area contributed by atoms with Gasteiger partial charge in [0.15, 0.2) is 0 Å². The van der Waals surface area contributed by atoms with E-state index in [1.165, 1.54) is 11.1 Å². The van der Waals surface area contributed by atoms with Gasteiger partial charge in [0.1, 0.15) is 0 Å².